The van der Waals surface area contributed by atoms with Crippen molar-refractivity contribution in [3.05, 3.63) is 66.7 Å². The number of amides is 3. The first-order valence-corrected chi connectivity index (χ1v) is 17.0. The number of carbonyl (C=O) groups excluding carboxylic acids is 3. The van der Waals surface area contributed by atoms with Crippen LogP contribution in [0.15, 0.2) is 71.1 Å². The highest BCUT2D eigenvalue weighted by atomic mass is 32.2. The molecule has 15 nitrogen and oxygen atoms in total. The molecule has 2 unspecified atom stereocenters. The lowest BCUT2D eigenvalue weighted by Gasteiger charge is -2.31. The van der Waals surface area contributed by atoms with Crippen molar-refractivity contribution in [1.82, 2.24) is 35.5 Å². The van der Waals surface area contributed by atoms with Crippen LogP contribution in [0.25, 0.3) is 10.8 Å². The fourth-order valence-corrected chi connectivity index (χ4v) is 6.93. The second-order valence-electron chi connectivity index (χ2n) is 11.7. The van der Waals surface area contributed by atoms with E-state index in [0.29, 0.717) is 31.2 Å². The Morgan fingerprint density at radius 3 is 2.57 bits per heavy atom. The number of rotatable bonds is 14. The van der Waals surface area contributed by atoms with Crippen LogP contribution in [0.1, 0.15) is 42.6 Å². The molecule has 2 aromatic carbocycles. The molecule has 0 bridgehead atoms. The van der Waals surface area contributed by atoms with Gasteiger partial charge in [-0.2, -0.15) is 4.72 Å². The van der Waals surface area contributed by atoms with Gasteiger partial charge >= 0.3 is 0 Å². The van der Waals surface area contributed by atoms with Gasteiger partial charge in [-0.25, -0.2) is 13.4 Å². The minimum Gasteiger partial charge on any atom is -0.409 e. The van der Waals surface area contributed by atoms with E-state index in [1.54, 1.807) is 18.2 Å². The summed E-state index contributed by atoms with van der Waals surface area (Å²) in [7, 11) is -4.28. The molecule has 7 N–H and O–H groups in total. The van der Waals surface area contributed by atoms with Gasteiger partial charge in [0.1, 0.15) is 11.7 Å². The SMILES string of the molecule is NC(=NO)[C@@H](NC(=O)CC(NS(=O)(=O)c1ccc2ccccc2c1)C(=O)N(CCNC(=O)c1cnccn1)C1CC1)C1CCCNC1. The van der Waals surface area contributed by atoms with E-state index in [9.17, 15) is 28.0 Å². The van der Waals surface area contributed by atoms with Gasteiger partial charge in [0.15, 0.2) is 5.84 Å². The average molecular weight is 666 g/mol. The lowest BCUT2D eigenvalue weighted by Crippen LogP contribution is -2.56. The number of piperidine rings is 1. The van der Waals surface area contributed by atoms with E-state index in [4.69, 9.17) is 5.73 Å². The maximum absolute atomic E-state index is 14.1. The highest BCUT2D eigenvalue weighted by molar-refractivity contribution is 7.89. The summed E-state index contributed by atoms with van der Waals surface area (Å²) in [5.41, 5.74) is 6.07. The van der Waals surface area contributed by atoms with Gasteiger partial charge in [-0.15, -0.1) is 0 Å². The number of hydrogen-bond donors (Lipinski definition) is 6. The first-order valence-electron chi connectivity index (χ1n) is 15.5. The summed E-state index contributed by atoms with van der Waals surface area (Å²) in [6.07, 6.45) is 6.53. The summed E-state index contributed by atoms with van der Waals surface area (Å²) in [5, 5.41) is 22.7. The number of sulfonamides is 1. The Bertz CT molecular complexity index is 1710. The van der Waals surface area contributed by atoms with E-state index >= 15 is 0 Å². The molecule has 5 rings (SSSR count). The van der Waals surface area contributed by atoms with E-state index in [1.165, 1.54) is 35.6 Å². The summed E-state index contributed by atoms with van der Waals surface area (Å²) in [4.78, 5) is 49.4. The Morgan fingerprint density at radius 2 is 1.89 bits per heavy atom. The van der Waals surface area contributed by atoms with Crippen molar-refractivity contribution in [3.63, 3.8) is 0 Å². The van der Waals surface area contributed by atoms with Gasteiger partial charge in [-0.3, -0.25) is 19.4 Å². The zero-order valence-corrected chi connectivity index (χ0v) is 26.5. The highest BCUT2D eigenvalue weighted by Gasteiger charge is 2.39. The van der Waals surface area contributed by atoms with E-state index in [-0.39, 0.29) is 41.5 Å². The Morgan fingerprint density at radius 1 is 1.11 bits per heavy atom. The zero-order valence-electron chi connectivity index (χ0n) is 25.7. The van der Waals surface area contributed by atoms with Crippen LogP contribution in [0.4, 0.5) is 0 Å². The summed E-state index contributed by atoms with van der Waals surface area (Å²) < 4.78 is 29.9. The minimum atomic E-state index is -4.28. The van der Waals surface area contributed by atoms with Crippen LogP contribution in [0.3, 0.4) is 0 Å². The van der Waals surface area contributed by atoms with Crippen molar-refractivity contribution in [1.29, 1.82) is 0 Å². The molecule has 2 heterocycles. The van der Waals surface area contributed by atoms with Crippen molar-refractivity contribution in [3.8, 4) is 0 Å². The maximum Gasteiger partial charge on any atom is 0.271 e. The first-order chi connectivity index (χ1) is 22.7. The lowest BCUT2D eigenvalue weighted by molar-refractivity contribution is -0.136. The molecule has 1 saturated heterocycles. The highest BCUT2D eigenvalue weighted by Crippen LogP contribution is 2.28. The summed E-state index contributed by atoms with van der Waals surface area (Å²) in [6.45, 7) is 1.46. The van der Waals surface area contributed by atoms with Crippen LogP contribution in [-0.4, -0.2) is 96.4 Å². The predicted molar refractivity (Wildman–Crippen MR) is 173 cm³/mol. The number of fused-ring (bicyclic) bond motifs is 1. The topological polar surface area (TPSA) is 221 Å². The molecule has 3 amide bonds. The number of nitrogens with two attached hydrogens (primary N) is 1. The second-order valence-corrected chi connectivity index (χ2v) is 13.4. The molecule has 250 valence electrons. The molecule has 0 radical (unpaired) electrons. The van der Waals surface area contributed by atoms with Gasteiger partial charge in [0.2, 0.25) is 21.8 Å². The smallest absolute Gasteiger partial charge is 0.271 e. The first kappa shape index (κ1) is 33.7. The van der Waals surface area contributed by atoms with Crippen LogP contribution < -0.4 is 26.4 Å². The molecular weight excluding hydrogens is 626 g/mol. The Hall–Kier alpha value is -4.67. The quantitative estimate of drug-likeness (QED) is 0.0599. The van der Waals surface area contributed by atoms with Gasteiger partial charge in [0, 0.05) is 38.1 Å². The standard InChI is InChI=1S/C31H39N9O6S/c32-29(38-44)28(22-6-3-11-33-18-22)37-27(41)17-25(39-47(45,46)24-10-7-20-4-1-2-5-21(20)16-24)31(43)40(23-8-9-23)15-14-36-30(42)26-19-34-12-13-35-26/h1-2,4-5,7,10,12-13,16,19,22-23,25,28,33,39,44H,3,6,8-9,11,14-15,17-18H2,(H2,32,38)(H,36,42)(H,37,41)/t22?,25?,28-/m0/s1. The predicted octanol–water partition coefficient (Wildman–Crippen LogP) is 0.319. The summed E-state index contributed by atoms with van der Waals surface area (Å²) >= 11 is 0. The van der Waals surface area contributed by atoms with Crippen molar-refractivity contribution in [2.24, 2.45) is 16.8 Å². The van der Waals surface area contributed by atoms with Gasteiger partial charge in [-0.1, -0.05) is 35.5 Å². The number of benzene rings is 2. The molecule has 1 aliphatic heterocycles. The minimum absolute atomic E-state index is 0.0635. The fraction of sp³-hybridized carbons (Fsp3) is 0.419. The molecule has 2 fully saturated rings. The van der Waals surface area contributed by atoms with Crippen LogP contribution in [-0.2, 0) is 19.6 Å². The molecule has 3 aromatic rings. The lowest BCUT2D eigenvalue weighted by atomic mass is 9.90. The number of aromatic nitrogens is 2. The van der Waals surface area contributed by atoms with E-state index in [1.807, 2.05) is 12.1 Å². The molecule has 1 saturated carbocycles. The van der Waals surface area contributed by atoms with Crippen molar-refractivity contribution in [2.75, 3.05) is 26.2 Å². The van der Waals surface area contributed by atoms with E-state index in [2.05, 4.69) is 35.8 Å². The van der Waals surface area contributed by atoms with Gasteiger partial charge < -0.3 is 31.8 Å². The third-order valence-electron chi connectivity index (χ3n) is 8.28. The van der Waals surface area contributed by atoms with E-state index < -0.39 is 46.2 Å². The normalized spacial score (nSPS) is 18.2. The number of oxime groups is 1. The number of nitrogens with zero attached hydrogens (tertiary/aromatic N) is 4. The fourth-order valence-electron chi connectivity index (χ4n) is 5.70. The molecular formula is C31H39N9O6S. The summed E-state index contributed by atoms with van der Waals surface area (Å²) in [6, 6.07) is 9.39. The maximum atomic E-state index is 14.1. The van der Waals surface area contributed by atoms with E-state index in [0.717, 1.165) is 18.4 Å². The second kappa shape index (κ2) is 15.3. The molecule has 0 spiro atoms. The monoisotopic (exact) mass is 665 g/mol. The number of nitrogens with one attached hydrogen (secondary N) is 4. The number of carbonyl (C=O) groups is 3. The molecule has 1 aromatic heterocycles. The van der Waals surface area contributed by atoms with Crippen LogP contribution >= 0.6 is 0 Å². The van der Waals surface area contributed by atoms with Gasteiger partial charge in [-0.05, 0) is 61.1 Å². The van der Waals surface area contributed by atoms with Gasteiger partial charge in [0.05, 0.1) is 23.6 Å². The third kappa shape index (κ3) is 8.78. The largest absolute Gasteiger partial charge is 0.409 e. The van der Waals surface area contributed by atoms with Crippen molar-refractivity contribution >= 4 is 44.4 Å². The van der Waals surface area contributed by atoms with Crippen LogP contribution in [0.2, 0.25) is 0 Å². The average Bonchev–Trinajstić information content (AvgIpc) is 3.94. The molecule has 2 aliphatic rings. The Balaban J connectivity index is 1.36. The molecule has 47 heavy (non-hydrogen) atoms. The Labute approximate surface area is 272 Å². The molecule has 1 aliphatic carbocycles. The van der Waals surface area contributed by atoms with Gasteiger partial charge in [0.25, 0.3) is 5.91 Å². The number of hydrogen-bond acceptors (Lipinski definition) is 10. The zero-order chi connectivity index (χ0) is 33.4. The molecule has 16 heteroatoms. The summed E-state index contributed by atoms with van der Waals surface area (Å²) in [5.74, 6) is -2.10. The third-order valence-corrected chi connectivity index (χ3v) is 9.75. The number of amidine groups is 1. The van der Waals surface area contributed by atoms with Crippen molar-refractivity contribution < 1.29 is 28.0 Å². The van der Waals surface area contributed by atoms with Crippen LogP contribution in [0, 0.1) is 5.92 Å². The van der Waals surface area contributed by atoms with Crippen molar-refractivity contribution in [2.45, 2.75) is 55.1 Å². The molecule has 3 atom stereocenters. The van der Waals surface area contributed by atoms with Crippen LogP contribution in [0.5, 0.6) is 0 Å². The Kier molecular flexibility index (Phi) is 11.0.